The molecule has 0 saturated carbocycles. The first-order valence-corrected chi connectivity index (χ1v) is 7.12. The second-order valence-electron chi connectivity index (χ2n) is 5.60. The number of methoxy groups -OCH3 is 1. The van der Waals surface area contributed by atoms with E-state index >= 15 is 0 Å². The van der Waals surface area contributed by atoms with Crippen molar-refractivity contribution in [2.75, 3.05) is 33.4 Å². The third-order valence-corrected chi connectivity index (χ3v) is 3.38. The average Bonchev–Trinajstić information content (AvgIpc) is 2.28. The maximum absolute atomic E-state index is 11.7. The Labute approximate surface area is 111 Å². The zero-order chi connectivity index (χ0) is 13.4. The van der Waals surface area contributed by atoms with Gasteiger partial charge in [0.25, 0.3) is 0 Å². The predicted octanol–water partition coefficient (Wildman–Crippen LogP) is 1.65. The van der Waals surface area contributed by atoms with E-state index in [-0.39, 0.29) is 11.9 Å². The Morgan fingerprint density at radius 2 is 2.28 bits per heavy atom. The van der Waals surface area contributed by atoms with Gasteiger partial charge in [-0.25, -0.2) is 0 Å². The molecule has 0 spiro atoms. The standard InChI is InChI=1S/C14H28N2O2/c1-12(2)15-14(17)11-16-8-4-6-13(10-16)7-5-9-18-3/h12-13H,4-11H2,1-3H3,(H,15,17)/t13-/m1/s1. The molecule has 4 nitrogen and oxygen atoms in total. The highest BCUT2D eigenvalue weighted by Gasteiger charge is 2.21. The molecule has 0 aromatic carbocycles. The van der Waals surface area contributed by atoms with Crippen LogP contribution in [-0.4, -0.2) is 50.2 Å². The van der Waals surface area contributed by atoms with Crippen LogP contribution in [0.15, 0.2) is 0 Å². The van der Waals surface area contributed by atoms with Gasteiger partial charge in [-0.15, -0.1) is 0 Å². The minimum Gasteiger partial charge on any atom is -0.385 e. The van der Waals surface area contributed by atoms with Crippen molar-refractivity contribution in [1.29, 1.82) is 0 Å². The average molecular weight is 256 g/mol. The molecule has 1 atom stereocenters. The second-order valence-corrected chi connectivity index (χ2v) is 5.60. The number of rotatable bonds is 7. The molecular weight excluding hydrogens is 228 g/mol. The van der Waals surface area contributed by atoms with Gasteiger partial charge in [0.1, 0.15) is 0 Å². The molecule has 1 N–H and O–H groups in total. The fourth-order valence-electron chi connectivity index (χ4n) is 2.62. The molecule has 0 aromatic heterocycles. The quantitative estimate of drug-likeness (QED) is 0.704. The lowest BCUT2D eigenvalue weighted by Crippen LogP contribution is -2.44. The van der Waals surface area contributed by atoms with Crippen LogP contribution in [0.25, 0.3) is 0 Å². The summed E-state index contributed by atoms with van der Waals surface area (Å²) in [5, 5.41) is 2.96. The molecule has 1 fully saturated rings. The molecule has 0 bridgehead atoms. The van der Waals surface area contributed by atoms with Gasteiger partial charge in [-0.3, -0.25) is 9.69 Å². The fourth-order valence-corrected chi connectivity index (χ4v) is 2.62. The van der Waals surface area contributed by atoms with Crippen molar-refractivity contribution in [2.45, 2.75) is 45.6 Å². The highest BCUT2D eigenvalue weighted by atomic mass is 16.5. The highest BCUT2D eigenvalue weighted by Crippen LogP contribution is 2.20. The maximum Gasteiger partial charge on any atom is 0.234 e. The molecule has 1 aliphatic rings. The van der Waals surface area contributed by atoms with Crippen LogP contribution in [0.2, 0.25) is 0 Å². The van der Waals surface area contributed by atoms with E-state index in [0.29, 0.717) is 6.54 Å². The maximum atomic E-state index is 11.7. The van der Waals surface area contributed by atoms with Gasteiger partial charge in [0, 0.05) is 26.3 Å². The Balaban J connectivity index is 2.23. The summed E-state index contributed by atoms with van der Waals surface area (Å²) in [7, 11) is 1.75. The third kappa shape index (κ3) is 6.36. The minimum absolute atomic E-state index is 0.155. The van der Waals surface area contributed by atoms with Gasteiger partial charge in [0.2, 0.25) is 5.91 Å². The Kier molecular flexibility index (Phi) is 7.28. The number of ether oxygens (including phenoxy) is 1. The van der Waals surface area contributed by atoms with Crippen molar-refractivity contribution < 1.29 is 9.53 Å². The number of nitrogens with zero attached hydrogens (tertiary/aromatic N) is 1. The van der Waals surface area contributed by atoms with Crippen molar-refractivity contribution in [3.05, 3.63) is 0 Å². The van der Waals surface area contributed by atoms with E-state index in [9.17, 15) is 4.79 Å². The molecule has 106 valence electrons. The summed E-state index contributed by atoms with van der Waals surface area (Å²) in [4.78, 5) is 14.0. The van der Waals surface area contributed by atoms with Crippen LogP contribution in [0.5, 0.6) is 0 Å². The molecule has 18 heavy (non-hydrogen) atoms. The van der Waals surface area contributed by atoms with Crippen molar-refractivity contribution in [3.8, 4) is 0 Å². The topological polar surface area (TPSA) is 41.6 Å². The van der Waals surface area contributed by atoms with E-state index in [4.69, 9.17) is 4.74 Å². The van der Waals surface area contributed by atoms with Crippen LogP contribution in [-0.2, 0) is 9.53 Å². The van der Waals surface area contributed by atoms with Gasteiger partial charge in [-0.1, -0.05) is 0 Å². The van der Waals surface area contributed by atoms with E-state index in [1.807, 2.05) is 13.8 Å². The first-order chi connectivity index (χ1) is 8.61. The van der Waals surface area contributed by atoms with Crippen LogP contribution < -0.4 is 5.32 Å². The number of piperidine rings is 1. The molecule has 4 heteroatoms. The van der Waals surface area contributed by atoms with Crippen LogP contribution in [0.3, 0.4) is 0 Å². The number of hydrogen-bond donors (Lipinski definition) is 1. The van der Waals surface area contributed by atoms with Gasteiger partial charge < -0.3 is 10.1 Å². The summed E-state index contributed by atoms with van der Waals surface area (Å²) in [5.74, 6) is 0.892. The first kappa shape index (κ1) is 15.4. The van der Waals surface area contributed by atoms with Gasteiger partial charge in [-0.05, 0) is 52.0 Å². The molecule has 1 amide bonds. The molecule has 1 rings (SSSR count). The lowest BCUT2D eigenvalue weighted by Gasteiger charge is -2.32. The van der Waals surface area contributed by atoms with Crippen molar-refractivity contribution in [3.63, 3.8) is 0 Å². The van der Waals surface area contributed by atoms with Crippen LogP contribution >= 0.6 is 0 Å². The lowest BCUT2D eigenvalue weighted by atomic mass is 9.93. The summed E-state index contributed by atoms with van der Waals surface area (Å²) >= 11 is 0. The number of amides is 1. The van der Waals surface area contributed by atoms with Crippen LogP contribution in [0.4, 0.5) is 0 Å². The lowest BCUT2D eigenvalue weighted by molar-refractivity contribution is -0.123. The largest absolute Gasteiger partial charge is 0.385 e. The summed E-state index contributed by atoms with van der Waals surface area (Å²) in [5.41, 5.74) is 0. The summed E-state index contributed by atoms with van der Waals surface area (Å²) < 4.78 is 5.09. The molecular formula is C14H28N2O2. The number of hydrogen-bond acceptors (Lipinski definition) is 3. The zero-order valence-corrected chi connectivity index (χ0v) is 12.1. The Bertz CT molecular complexity index is 244. The van der Waals surface area contributed by atoms with E-state index in [1.54, 1.807) is 7.11 Å². The van der Waals surface area contributed by atoms with E-state index in [0.717, 1.165) is 32.0 Å². The fraction of sp³-hybridized carbons (Fsp3) is 0.929. The number of likely N-dealkylation sites (tertiary alicyclic amines) is 1. The molecule has 1 saturated heterocycles. The SMILES string of the molecule is COCCC[C@H]1CCCN(CC(=O)NC(C)C)C1. The normalized spacial score (nSPS) is 21.2. The molecule has 0 aromatic rings. The van der Waals surface area contributed by atoms with Crippen LogP contribution in [0.1, 0.15) is 39.5 Å². The smallest absolute Gasteiger partial charge is 0.234 e. The van der Waals surface area contributed by atoms with Crippen molar-refractivity contribution in [1.82, 2.24) is 10.2 Å². The Morgan fingerprint density at radius 3 is 2.94 bits per heavy atom. The number of carbonyl (C=O) groups is 1. The summed E-state index contributed by atoms with van der Waals surface area (Å²) in [6.45, 7) is 7.54. The Hall–Kier alpha value is -0.610. The zero-order valence-electron chi connectivity index (χ0n) is 12.1. The van der Waals surface area contributed by atoms with Gasteiger partial charge >= 0.3 is 0 Å². The molecule has 0 radical (unpaired) electrons. The Morgan fingerprint density at radius 1 is 1.50 bits per heavy atom. The summed E-state index contributed by atoms with van der Waals surface area (Å²) in [6, 6.07) is 0.236. The van der Waals surface area contributed by atoms with Crippen molar-refractivity contribution >= 4 is 5.91 Å². The molecule has 1 heterocycles. The van der Waals surface area contributed by atoms with E-state index in [1.165, 1.54) is 19.3 Å². The number of carbonyl (C=O) groups excluding carboxylic acids is 1. The number of nitrogens with one attached hydrogen (secondary N) is 1. The van der Waals surface area contributed by atoms with Gasteiger partial charge in [-0.2, -0.15) is 0 Å². The van der Waals surface area contributed by atoms with Gasteiger partial charge in [0.15, 0.2) is 0 Å². The molecule has 1 aliphatic heterocycles. The highest BCUT2D eigenvalue weighted by molar-refractivity contribution is 5.78. The third-order valence-electron chi connectivity index (χ3n) is 3.38. The van der Waals surface area contributed by atoms with Crippen molar-refractivity contribution in [2.24, 2.45) is 5.92 Å². The summed E-state index contributed by atoms with van der Waals surface area (Å²) in [6.07, 6.45) is 4.86. The van der Waals surface area contributed by atoms with E-state index < -0.39 is 0 Å². The van der Waals surface area contributed by atoms with Crippen LogP contribution in [0, 0.1) is 5.92 Å². The minimum atomic E-state index is 0.155. The monoisotopic (exact) mass is 256 g/mol. The van der Waals surface area contributed by atoms with E-state index in [2.05, 4.69) is 10.2 Å². The second kappa shape index (κ2) is 8.48. The predicted molar refractivity (Wildman–Crippen MR) is 73.6 cm³/mol. The van der Waals surface area contributed by atoms with Gasteiger partial charge in [0.05, 0.1) is 6.54 Å². The first-order valence-electron chi connectivity index (χ1n) is 7.12. The molecule has 0 aliphatic carbocycles. The molecule has 0 unspecified atom stereocenters.